The minimum Gasteiger partial charge on any atom is -0.379 e. The van der Waals surface area contributed by atoms with E-state index in [2.05, 4.69) is 21.2 Å². The van der Waals surface area contributed by atoms with Gasteiger partial charge in [0.1, 0.15) is 5.82 Å². The molecule has 1 N–H and O–H groups in total. The molecule has 2 rings (SSSR count). The first-order chi connectivity index (χ1) is 9.06. The lowest BCUT2D eigenvalue weighted by atomic mass is 10.2. The third-order valence-electron chi connectivity index (χ3n) is 2.56. The van der Waals surface area contributed by atoms with E-state index in [0.717, 1.165) is 10.0 Å². The Kier molecular flexibility index (Phi) is 4.11. The maximum absolute atomic E-state index is 13.5. The fourth-order valence-electron chi connectivity index (χ4n) is 1.57. The predicted molar refractivity (Wildman–Crippen MR) is 74.5 cm³/mol. The highest BCUT2D eigenvalue weighted by atomic mass is 79.9. The molecule has 0 aliphatic rings. The van der Waals surface area contributed by atoms with Gasteiger partial charge < -0.3 is 5.32 Å². The normalized spacial score (nSPS) is 10.2. The van der Waals surface area contributed by atoms with E-state index in [1.54, 1.807) is 24.3 Å². The molecule has 0 aromatic heterocycles. The van der Waals surface area contributed by atoms with E-state index in [0.29, 0.717) is 12.2 Å². The molecule has 98 valence electrons. The summed E-state index contributed by atoms with van der Waals surface area (Å²) in [7, 11) is 0. The summed E-state index contributed by atoms with van der Waals surface area (Å²) in [6, 6.07) is 10.7. The minimum absolute atomic E-state index is 0.0392. The van der Waals surface area contributed by atoms with Crippen molar-refractivity contribution in [3.05, 3.63) is 68.4 Å². The molecule has 0 unspecified atom stereocenters. The summed E-state index contributed by atoms with van der Waals surface area (Å²) in [5, 5.41) is 13.5. The van der Waals surface area contributed by atoms with Crippen molar-refractivity contribution < 1.29 is 9.31 Å². The summed E-state index contributed by atoms with van der Waals surface area (Å²) < 4.78 is 14.2. The van der Waals surface area contributed by atoms with Crippen molar-refractivity contribution in [3.8, 4) is 0 Å². The number of nitro benzene ring substituents is 1. The molecule has 0 aliphatic heterocycles. The summed E-state index contributed by atoms with van der Waals surface area (Å²) in [6.45, 7) is 0.394. The number of hydrogen-bond acceptors (Lipinski definition) is 3. The van der Waals surface area contributed by atoms with Crippen LogP contribution in [0.15, 0.2) is 46.9 Å². The average molecular weight is 325 g/mol. The van der Waals surface area contributed by atoms with Gasteiger partial charge in [0.25, 0.3) is 5.69 Å². The van der Waals surface area contributed by atoms with E-state index in [4.69, 9.17) is 0 Å². The van der Waals surface area contributed by atoms with Gasteiger partial charge in [-0.05, 0) is 23.8 Å². The van der Waals surface area contributed by atoms with Crippen LogP contribution in [0.2, 0.25) is 0 Å². The Morgan fingerprint density at radius 2 is 1.89 bits per heavy atom. The lowest BCUT2D eigenvalue weighted by molar-refractivity contribution is -0.384. The lowest BCUT2D eigenvalue weighted by Gasteiger charge is -2.08. The maximum Gasteiger partial charge on any atom is 0.269 e. The second kappa shape index (κ2) is 5.79. The maximum atomic E-state index is 13.5. The smallest absolute Gasteiger partial charge is 0.269 e. The van der Waals surface area contributed by atoms with Gasteiger partial charge in [0.15, 0.2) is 0 Å². The topological polar surface area (TPSA) is 55.2 Å². The molecule has 0 radical (unpaired) electrons. The zero-order chi connectivity index (χ0) is 13.8. The SMILES string of the molecule is O=[N+]([O-])c1ccc(CNc2cc(Br)ccc2F)cc1. The highest BCUT2D eigenvalue weighted by Crippen LogP contribution is 2.21. The number of benzene rings is 2. The first-order valence-electron chi connectivity index (χ1n) is 5.48. The molecule has 2 aromatic rings. The van der Waals surface area contributed by atoms with E-state index in [-0.39, 0.29) is 11.5 Å². The van der Waals surface area contributed by atoms with Crippen molar-refractivity contribution in [3.63, 3.8) is 0 Å². The van der Waals surface area contributed by atoms with Crippen LogP contribution in [-0.4, -0.2) is 4.92 Å². The molecule has 0 fully saturated rings. The Balaban J connectivity index is 2.06. The summed E-state index contributed by atoms with van der Waals surface area (Å²) in [6.07, 6.45) is 0. The summed E-state index contributed by atoms with van der Waals surface area (Å²) in [5.74, 6) is -0.342. The second-order valence-corrected chi connectivity index (χ2v) is 4.82. The number of rotatable bonds is 4. The Morgan fingerprint density at radius 3 is 2.53 bits per heavy atom. The van der Waals surface area contributed by atoms with Crippen LogP contribution in [0.1, 0.15) is 5.56 Å². The largest absolute Gasteiger partial charge is 0.379 e. The minimum atomic E-state index is -0.453. The second-order valence-electron chi connectivity index (χ2n) is 3.90. The highest BCUT2D eigenvalue weighted by molar-refractivity contribution is 9.10. The average Bonchev–Trinajstić information content (AvgIpc) is 2.40. The van der Waals surface area contributed by atoms with Gasteiger partial charge in [-0.1, -0.05) is 28.1 Å². The Morgan fingerprint density at radius 1 is 1.21 bits per heavy atom. The molecule has 4 nitrogen and oxygen atoms in total. The standard InChI is InChI=1S/C13H10BrFN2O2/c14-10-3-6-12(15)13(7-10)16-8-9-1-4-11(5-2-9)17(18)19/h1-7,16H,8H2. The van der Waals surface area contributed by atoms with Crippen molar-refractivity contribution in [2.75, 3.05) is 5.32 Å². The fourth-order valence-corrected chi connectivity index (χ4v) is 1.93. The molecular weight excluding hydrogens is 315 g/mol. The third kappa shape index (κ3) is 3.51. The summed E-state index contributed by atoms with van der Waals surface area (Å²) in [5.41, 5.74) is 1.26. The zero-order valence-corrected chi connectivity index (χ0v) is 11.4. The van der Waals surface area contributed by atoms with Crippen LogP contribution in [0.25, 0.3) is 0 Å². The van der Waals surface area contributed by atoms with E-state index >= 15 is 0 Å². The van der Waals surface area contributed by atoms with Crippen LogP contribution in [0, 0.1) is 15.9 Å². The van der Waals surface area contributed by atoms with Gasteiger partial charge in [-0.3, -0.25) is 10.1 Å². The quantitative estimate of drug-likeness (QED) is 0.680. The van der Waals surface area contributed by atoms with Gasteiger partial charge in [0.2, 0.25) is 0 Å². The molecule has 0 saturated carbocycles. The molecule has 0 amide bonds. The monoisotopic (exact) mass is 324 g/mol. The van der Waals surface area contributed by atoms with Gasteiger partial charge in [-0.2, -0.15) is 0 Å². The Hall–Kier alpha value is -1.95. The Labute approximate surface area is 117 Å². The van der Waals surface area contributed by atoms with Crippen LogP contribution < -0.4 is 5.32 Å². The van der Waals surface area contributed by atoms with Crippen molar-refractivity contribution in [1.29, 1.82) is 0 Å². The lowest BCUT2D eigenvalue weighted by Crippen LogP contribution is -2.01. The number of hydrogen-bond donors (Lipinski definition) is 1. The fraction of sp³-hybridized carbons (Fsp3) is 0.0769. The van der Waals surface area contributed by atoms with Crippen LogP contribution in [0.4, 0.5) is 15.8 Å². The molecular formula is C13H10BrFN2O2. The predicted octanol–water partition coefficient (Wildman–Crippen LogP) is 4.11. The third-order valence-corrected chi connectivity index (χ3v) is 3.05. The number of non-ortho nitro benzene ring substituents is 1. The number of nitrogens with one attached hydrogen (secondary N) is 1. The summed E-state index contributed by atoms with van der Waals surface area (Å²) in [4.78, 5) is 10.1. The first kappa shape index (κ1) is 13.5. The number of nitrogens with zero attached hydrogens (tertiary/aromatic N) is 1. The van der Waals surface area contributed by atoms with Gasteiger partial charge >= 0.3 is 0 Å². The van der Waals surface area contributed by atoms with E-state index in [9.17, 15) is 14.5 Å². The van der Waals surface area contributed by atoms with Crippen molar-refractivity contribution in [1.82, 2.24) is 0 Å². The first-order valence-corrected chi connectivity index (χ1v) is 6.28. The van der Waals surface area contributed by atoms with Crippen LogP contribution in [-0.2, 0) is 6.54 Å². The molecule has 0 spiro atoms. The molecule has 2 aromatic carbocycles. The summed E-state index contributed by atoms with van der Waals surface area (Å²) >= 11 is 3.27. The zero-order valence-electron chi connectivity index (χ0n) is 9.77. The van der Waals surface area contributed by atoms with Crippen molar-refractivity contribution >= 4 is 27.3 Å². The van der Waals surface area contributed by atoms with E-state index in [1.165, 1.54) is 18.2 Å². The molecule has 6 heteroatoms. The van der Waals surface area contributed by atoms with Crippen molar-refractivity contribution in [2.45, 2.75) is 6.54 Å². The number of nitro groups is 1. The van der Waals surface area contributed by atoms with E-state index in [1.807, 2.05) is 0 Å². The van der Waals surface area contributed by atoms with Gasteiger partial charge in [0.05, 0.1) is 10.6 Å². The van der Waals surface area contributed by atoms with Crippen LogP contribution in [0.3, 0.4) is 0 Å². The van der Waals surface area contributed by atoms with Gasteiger partial charge in [0, 0.05) is 23.2 Å². The van der Waals surface area contributed by atoms with E-state index < -0.39 is 4.92 Å². The number of anilines is 1. The van der Waals surface area contributed by atoms with Crippen LogP contribution >= 0.6 is 15.9 Å². The molecule has 0 aliphatic carbocycles. The molecule has 0 saturated heterocycles. The molecule has 0 bridgehead atoms. The van der Waals surface area contributed by atoms with Gasteiger partial charge in [-0.25, -0.2) is 4.39 Å². The Bertz CT molecular complexity index is 602. The molecule has 0 atom stereocenters. The molecule has 0 heterocycles. The van der Waals surface area contributed by atoms with Gasteiger partial charge in [-0.15, -0.1) is 0 Å². The van der Waals surface area contributed by atoms with Crippen LogP contribution in [0.5, 0.6) is 0 Å². The van der Waals surface area contributed by atoms with Crippen molar-refractivity contribution in [2.24, 2.45) is 0 Å². The molecule has 19 heavy (non-hydrogen) atoms. The highest BCUT2D eigenvalue weighted by Gasteiger charge is 2.05. The number of halogens is 2.